The molecule has 0 saturated carbocycles. The highest BCUT2D eigenvalue weighted by atomic mass is 35.7. The van der Waals surface area contributed by atoms with Gasteiger partial charge >= 0.3 is 0 Å². The van der Waals surface area contributed by atoms with Crippen LogP contribution in [0.5, 0.6) is 0 Å². The molecular weight excluding hydrogens is 226 g/mol. The van der Waals surface area contributed by atoms with Gasteiger partial charge in [-0.05, 0) is 11.2 Å². The highest BCUT2D eigenvalue weighted by Gasteiger charge is 2.02. The summed E-state index contributed by atoms with van der Waals surface area (Å²) in [6, 6.07) is 1.98. The van der Waals surface area contributed by atoms with E-state index in [-0.39, 0.29) is 0 Å². The zero-order valence-electron chi connectivity index (χ0n) is 8.64. The molecule has 0 radical (unpaired) electrons. The first-order chi connectivity index (χ1) is 6.83. The summed E-state index contributed by atoms with van der Waals surface area (Å²) in [7, 11) is -4.94. The summed E-state index contributed by atoms with van der Waals surface area (Å²) in [6.07, 6.45) is 4.38. The topological polar surface area (TPSA) is 109 Å². The van der Waals surface area contributed by atoms with Gasteiger partial charge in [-0.3, -0.25) is 0 Å². The molecule has 0 unspecified atom stereocenters. The van der Waals surface area contributed by atoms with Crippen LogP contribution < -0.4 is 23.4 Å². The van der Waals surface area contributed by atoms with Crippen molar-refractivity contribution in [2.75, 3.05) is 0 Å². The van der Waals surface area contributed by atoms with Crippen molar-refractivity contribution in [1.29, 1.82) is 0 Å². The molecule has 15 heavy (non-hydrogen) atoms. The van der Waals surface area contributed by atoms with Gasteiger partial charge in [0.15, 0.2) is 12.3 Å². The third-order valence-corrected chi connectivity index (χ3v) is 1.47. The van der Waals surface area contributed by atoms with Crippen LogP contribution in [0.4, 0.5) is 0 Å². The zero-order valence-corrected chi connectivity index (χ0v) is 9.40. The highest BCUT2D eigenvalue weighted by Crippen LogP contribution is 1.92. The molecule has 0 aliphatic heterocycles. The lowest BCUT2D eigenvalue weighted by atomic mass is 10.3. The third kappa shape index (κ3) is 11.3. The Bertz CT molecular complexity index is 264. The van der Waals surface area contributed by atoms with E-state index in [0.29, 0.717) is 0 Å². The first-order valence-corrected chi connectivity index (χ1v) is 5.64. The van der Waals surface area contributed by atoms with E-state index < -0.39 is 10.2 Å². The second-order valence-corrected chi connectivity index (χ2v) is 3.65. The Morgan fingerprint density at radius 2 is 1.87 bits per heavy atom. The van der Waals surface area contributed by atoms with Crippen LogP contribution in [0.15, 0.2) is 16.8 Å². The van der Waals surface area contributed by atoms with E-state index in [9.17, 15) is 0 Å². The summed E-state index contributed by atoms with van der Waals surface area (Å²) in [4.78, 5) is 0. The van der Waals surface area contributed by atoms with Gasteiger partial charge in [-0.1, -0.05) is 6.92 Å². The first kappa shape index (κ1) is 14.3. The lowest BCUT2D eigenvalue weighted by molar-refractivity contribution is -2.00. The summed E-state index contributed by atoms with van der Waals surface area (Å²) in [6.45, 7) is 5.14. The van der Waals surface area contributed by atoms with Gasteiger partial charge in [-0.2, -0.15) is 0 Å². The lowest BCUT2D eigenvalue weighted by Crippen LogP contribution is -2.68. The maximum atomic E-state index is 8.49. The maximum absolute atomic E-state index is 8.49. The van der Waals surface area contributed by atoms with Crippen molar-refractivity contribution < 1.29 is 38.1 Å². The van der Waals surface area contributed by atoms with E-state index in [1.54, 1.807) is 0 Å². The second kappa shape index (κ2) is 6.76. The molecule has 0 aliphatic rings. The molecule has 0 bridgehead atoms. The molecule has 0 N–H and O–H groups in total. The molecule has 1 aromatic heterocycles. The number of unbranched alkanes of at least 4 members (excludes halogenated alkanes) is 1. The van der Waals surface area contributed by atoms with Gasteiger partial charge in [0.05, 0.1) is 6.07 Å². The van der Waals surface area contributed by atoms with Crippen LogP contribution >= 0.6 is 0 Å². The molecule has 1 aromatic rings. The van der Waals surface area contributed by atoms with Crippen molar-refractivity contribution in [3.63, 3.8) is 0 Å². The van der Waals surface area contributed by atoms with Crippen molar-refractivity contribution >= 4 is 0 Å². The van der Waals surface area contributed by atoms with Gasteiger partial charge in [-0.25, -0.2) is 23.2 Å². The Morgan fingerprint density at radius 3 is 2.20 bits per heavy atom. The lowest BCUT2D eigenvalue weighted by Gasteiger charge is -2.17. The van der Waals surface area contributed by atoms with Gasteiger partial charge in [0.2, 0.25) is 6.20 Å². The van der Waals surface area contributed by atoms with Crippen molar-refractivity contribution in [3.05, 3.63) is 18.0 Å². The van der Waals surface area contributed by atoms with E-state index in [4.69, 9.17) is 23.2 Å². The molecule has 88 valence electrons. The van der Waals surface area contributed by atoms with Gasteiger partial charge in [0.1, 0.15) is 0 Å². The van der Waals surface area contributed by atoms with Crippen LogP contribution in [-0.4, -0.2) is 0 Å². The molecule has 0 fully saturated rings. The molecule has 1 heterocycles. The summed E-state index contributed by atoms with van der Waals surface area (Å²) in [5.74, 6) is 0.983. The van der Waals surface area contributed by atoms with E-state index in [0.717, 1.165) is 12.3 Å². The van der Waals surface area contributed by atoms with Gasteiger partial charge in [0.25, 0.3) is 0 Å². The SMILES string of the molecule is CCCC[n+]1ccc(C)o1.[O-][Cl+3]([O-])([O-])[O-]. The minimum atomic E-state index is -4.94. The second-order valence-electron chi connectivity index (χ2n) is 2.89. The monoisotopic (exact) mass is 239 g/mol. The largest absolute Gasteiger partial charge is 0.242 e. The Morgan fingerprint density at radius 1 is 1.33 bits per heavy atom. The average Bonchev–Trinajstić information content (AvgIpc) is 2.45. The van der Waals surface area contributed by atoms with Gasteiger partial charge in [-0.15, -0.1) is 10.2 Å². The number of hydrogen-bond donors (Lipinski definition) is 0. The summed E-state index contributed by atoms with van der Waals surface area (Å²) in [5, 5.41) is 0. The number of halogens is 1. The van der Waals surface area contributed by atoms with E-state index in [2.05, 4.69) is 6.92 Å². The highest BCUT2D eigenvalue weighted by molar-refractivity contribution is 4.84. The third-order valence-electron chi connectivity index (χ3n) is 1.47. The van der Waals surface area contributed by atoms with Crippen molar-refractivity contribution in [2.45, 2.75) is 33.2 Å². The van der Waals surface area contributed by atoms with Crippen molar-refractivity contribution in [1.82, 2.24) is 0 Å². The van der Waals surface area contributed by atoms with E-state index in [1.165, 1.54) is 12.8 Å². The van der Waals surface area contributed by atoms with E-state index in [1.807, 2.05) is 23.9 Å². The number of aromatic nitrogens is 1. The minimum absolute atomic E-state index is 0.983. The number of nitrogens with zero attached hydrogens (tertiary/aromatic N) is 1. The van der Waals surface area contributed by atoms with Gasteiger partial charge in [0, 0.05) is 13.3 Å². The molecule has 7 heteroatoms. The van der Waals surface area contributed by atoms with Gasteiger partial charge < -0.3 is 0 Å². The Kier molecular flexibility index (Phi) is 6.46. The minimum Gasteiger partial charge on any atom is -0.242 e. The quantitative estimate of drug-likeness (QED) is 0.520. The standard InChI is InChI=1S/C8H14NO.ClHO4/c1-3-4-6-9-7-5-8(2)10-9;2-1(3,4)5/h5,7H,3-4,6H2,1-2H3;(H,2,3,4,5)/q+1;/p-1. The Balaban J connectivity index is 0.000000336. The average molecular weight is 240 g/mol. The molecule has 0 amide bonds. The smallest absolute Gasteiger partial charge is 0.219 e. The zero-order chi connectivity index (χ0) is 11.9. The fraction of sp³-hybridized carbons (Fsp3) is 0.625. The molecular formula is C8H14ClNO5. The summed E-state index contributed by atoms with van der Waals surface area (Å²) < 4.78 is 41.1. The van der Waals surface area contributed by atoms with Crippen LogP contribution in [0.2, 0.25) is 0 Å². The maximum Gasteiger partial charge on any atom is 0.219 e. The number of aryl methyl sites for hydroxylation is 2. The predicted molar refractivity (Wildman–Crippen MR) is 38.5 cm³/mol. The fourth-order valence-corrected chi connectivity index (χ4v) is 0.868. The Hall–Kier alpha value is -0.660. The summed E-state index contributed by atoms with van der Waals surface area (Å²) in [5.41, 5.74) is 0. The molecule has 6 nitrogen and oxygen atoms in total. The number of hydrogen-bond acceptors (Lipinski definition) is 5. The van der Waals surface area contributed by atoms with Crippen LogP contribution in [0.1, 0.15) is 25.5 Å². The molecule has 0 saturated heterocycles. The molecule has 0 aromatic carbocycles. The predicted octanol–water partition coefficient (Wildman–Crippen LogP) is -3.08. The van der Waals surface area contributed by atoms with Crippen molar-refractivity contribution in [2.24, 2.45) is 0 Å². The van der Waals surface area contributed by atoms with Crippen LogP contribution in [-0.2, 0) is 6.54 Å². The van der Waals surface area contributed by atoms with Crippen LogP contribution in [0, 0.1) is 17.2 Å². The normalized spacial score (nSPS) is 10.8. The van der Waals surface area contributed by atoms with E-state index >= 15 is 0 Å². The molecule has 1 rings (SSSR count). The Labute approximate surface area is 90.1 Å². The number of rotatable bonds is 3. The molecule has 0 aliphatic carbocycles. The first-order valence-electron chi connectivity index (χ1n) is 4.41. The van der Waals surface area contributed by atoms with Crippen molar-refractivity contribution in [3.8, 4) is 0 Å². The van der Waals surface area contributed by atoms with Crippen LogP contribution in [0.25, 0.3) is 0 Å². The fourth-order valence-electron chi connectivity index (χ4n) is 0.868. The van der Waals surface area contributed by atoms with Crippen LogP contribution in [0.3, 0.4) is 0 Å². The summed E-state index contributed by atoms with van der Waals surface area (Å²) >= 11 is 0. The molecule has 0 spiro atoms. The molecule has 0 atom stereocenters.